The Hall–Kier alpha value is -1.82. The number of amides is 1. The van der Waals surface area contributed by atoms with Gasteiger partial charge in [0.25, 0.3) is 0 Å². The maximum absolute atomic E-state index is 12.1. The van der Waals surface area contributed by atoms with Gasteiger partial charge in [0.05, 0.1) is 6.07 Å². The van der Waals surface area contributed by atoms with Crippen LogP contribution in [0, 0.1) is 22.7 Å². The normalized spacial score (nSPS) is 14.2. The van der Waals surface area contributed by atoms with Gasteiger partial charge in [-0.2, -0.15) is 5.26 Å². The molecule has 0 saturated heterocycles. The van der Waals surface area contributed by atoms with Gasteiger partial charge in [0.2, 0.25) is 5.91 Å². The van der Waals surface area contributed by atoms with Crippen LogP contribution in [-0.2, 0) is 11.2 Å². The largest absolute Gasteiger partial charge is 0.352 e. The number of nitrogens with zero attached hydrogens (tertiary/aromatic N) is 1. The fourth-order valence-corrected chi connectivity index (χ4v) is 2.07. The van der Waals surface area contributed by atoms with Crippen molar-refractivity contribution in [2.75, 3.05) is 0 Å². The zero-order valence-electron chi connectivity index (χ0n) is 12.8. The Labute approximate surface area is 122 Å². The number of carbonyl (C=O) groups is 1. The van der Waals surface area contributed by atoms with Gasteiger partial charge in [0.1, 0.15) is 5.92 Å². The molecule has 108 valence electrons. The molecule has 3 nitrogen and oxygen atoms in total. The first kappa shape index (κ1) is 16.2. The van der Waals surface area contributed by atoms with E-state index in [1.165, 1.54) is 5.56 Å². The maximum Gasteiger partial charge on any atom is 0.238 e. The third-order valence-corrected chi connectivity index (χ3v) is 3.35. The predicted octanol–water partition coefficient (Wildman–Crippen LogP) is 3.31. The molecule has 2 atom stereocenters. The second-order valence-electron chi connectivity index (χ2n) is 6.36. The molecule has 1 amide bonds. The third kappa shape index (κ3) is 5.05. The quantitative estimate of drug-likeness (QED) is 0.894. The van der Waals surface area contributed by atoms with Crippen molar-refractivity contribution < 1.29 is 4.79 Å². The standard InChI is InChI=1S/C17H24N2O/c1-13(10-11-14-8-6-5-7-9-14)19-16(20)15(12-18)17(2,3)4/h5-9,13,15H,10-11H2,1-4H3,(H,19,20)/t13-,15-/m0/s1. The summed E-state index contributed by atoms with van der Waals surface area (Å²) in [6.07, 6.45) is 1.80. The van der Waals surface area contributed by atoms with E-state index in [1.807, 2.05) is 45.9 Å². The highest BCUT2D eigenvalue weighted by Gasteiger charge is 2.31. The number of benzene rings is 1. The summed E-state index contributed by atoms with van der Waals surface area (Å²) in [5.41, 5.74) is 0.930. The molecule has 20 heavy (non-hydrogen) atoms. The van der Waals surface area contributed by atoms with Crippen LogP contribution in [0.2, 0.25) is 0 Å². The highest BCUT2D eigenvalue weighted by Crippen LogP contribution is 2.25. The second kappa shape index (κ2) is 7.09. The van der Waals surface area contributed by atoms with E-state index in [0.717, 1.165) is 12.8 Å². The van der Waals surface area contributed by atoms with Gasteiger partial charge in [0.15, 0.2) is 0 Å². The van der Waals surface area contributed by atoms with E-state index in [4.69, 9.17) is 5.26 Å². The Bertz CT molecular complexity index is 468. The van der Waals surface area contributed by atoms with Crippen LogP contribution in [0.25, 0.3) is 0 Å². The monoisotopic (exact) mass is 272 g/mol. The number of nitrogens with one attached hydrogen (secondary N) is 1. The average molecular weight is 272 g/mol. The summed E-state index contributed by atoms with van der Waals surface area (Å²) in [6, 6.07) is 12.4. The van der Waals surface area contributed by atoms with Gasteiger partial charge in [-0.3, -0.25) is 4.79 Å². The summed E-state index contributed by atoms with van der Waals surface area (Å²) in [7, 11) is 0. The van der Waals surface area contributed by atoms with Gasteiger partial charge in [-0.25, -0.2) is 0 Å². The van der Waals surface area contributed by atoms with E-state index < -0.39 is 5.92 Å². The van der Waals surface area contributed by atoms with Crippen LogP contribution in [0.5, 0.6) is 0 Å². The minimum absolute atomic E-state index is 0.0703. The smallest absolute Gasteiger partial charge is 0.238 e. The van der Waals surface area contributed by atoms with E-state index in [9.17, 15) is 4.79 Å². The number of nitriles is 1. The topological polar surface area (TPSA) is 52.9 Å². The molecule has 1 aromatic rings. The van der Waals surface area contributed by atoms with Crippen LogP contribution in [0.3, 0.4) is 0 Å². The minimum atomic E-state index is -0.610. The molecule has 0 bridgehead atoms. The molecule has 0 spiro atoms. The van der Waals surface area contributed by atoms with Crippen LogP contribution < -0.4 is 5.32 Å². The first-order chi connectivity index (χ1) is 9.34. The Kier molecular flexibility index (Phi) is 5.76. The fourth-order valence-electron chi connectivity index (χ4n) is 2.07. The molecule has 0 unspecified atom stereocenters. The molecular formula is C17H24N2O. The number of rotatable bonds is 5. The molecule has 1 aromatic carbocycles. The number of hydrogen-bond donors (Lipinski definition) is 1. The van der Waals surface area contributed by atoms with Crippen LogP contribution in [0.1, 0.15) is 39.7 Å². The van der Waals surface area contributed by atoms with Crippen molar-refractivity contribution >= 4 is 5.91 Å². The van der Waals surface area contributed by atoms with Crippen LogP contribution in [-0.4, -0.2) is 11.9 Å². The van der Waals surface area contributed by atoms with E-state index >= 15 is 0 Å². The summed E-state index contributed by atoms with van der Waals surface area (Å²) in [5, 5.41) is 12.1. The molecule has 0 aliphatic heterocycles. The first-order valence-corrected chi connectivity index (χ1v) is 7.08. The van der Waals surface area contributed by atoms with Gasteiger partial charge in [-0.05, 0) is 30.7 Å². The molecule has 0 saturated carbocycles. The van der Waals surface area contributed by atoms with Gasteiger partial charge in [-0.1, -0.05) is 51.1 Å². The summed E-state index contributed by atoms with van der Waals surface area (Å²) < 4.78 is 0. The average Bonchev–Trinajstić information content (AvgIpc) is 2.36. The zero-order valence-corrected chi connectivity index (χ0v) is 12.8. The van der Waals surface area contributed by atoms with Crippen LogP contribution in [0.15, 0.2) is 30.3 Å². The fraction of sp³-hybridized carbons (Fsp3) is 0.529. The molecule has 0 fully saturated rings. The Morgan fingerprint density at radius 1 is 1.30 bits per heavy atom. The van der Waals surface area contributed by atoms with Gasteiger partial charge in [0, 0.05) is 6.04 Å². The zero-order chi connectivity index (χ0) is 15.2. The van der Waals surface area contributed by atoms with Crippen LogP contribution >= 0.6 is 0 Å². The van der Waals surface area contributed by atoms with Crippen molar-refractivity contribution in [3.05, 3.63) is 35.9 Å². The Morgan fingerprint density at radius 3 is 2.40 bits per heavy atom. The third-order valence-electron chi connectivity index (χ3n) is 3.35. The Morgan fingerprint density at radius 2 is 1.90 bits per heavy atom. The van der Waals surface area contributed by atoms with Gasteiger partial charge in [-0.15, -0.1) is 0 Å². The molecular weight excluding hydrogens is 248 g/mol. The molecule has 0 aliphatic rings. The summed E-state index contributed by atoms with van der Waals surface area (Å²) >= 11 is 0. The number of carbonyl (C=O) groups excluding carboxylic acids is 1. The molecule has 1 N–H and O–H groups in total. The molecule has 3 heteroatoms. The molecule has 0 aliphatic carbocycles. The minimum Gasteiger partial charge on any atom is -0.352 e. The van der Waals surface area contributed by atoms with Crippen molar-refractivity contribution in [2.24, 2.45) is 11.3 Å². The lowest BCUT2D eigenvalue weighted by atomic mass is 9.81. The first-order valence-electron chi connectivity index (χ1n) is 7.08. The lowest BCUT2D eigenvalue weighted by Crippen LogP contribution is -2.41. The highest BCUT2D eigenvalue weighted by atomic mass is 16.1. The van der Waals surface area contributed by atoms with Crippen molar-refractivity contribution in [1.29, 1.82) is 5.26 Å². The molecule has 0 radical (unpaired) electrons. The van der Waals surface area contributed by atoms with E-state index in [2.05, 4.69) is 23.5 Å². The van der Waals surface area contributed by atoms with E-state index in [-0.39, 0.29) is 17.4 Å². The molecule has 1 rings (SSSR count). The van der Waals surface area contributed by atoms with Crippen LogP contribution in [0.4, 0.5) is 0 Å². The van der Waals surface area contributed by atoms with Gasteiger partial charge >= 0.3 is 0 Å². The summed E-state index contributed by atoms with van der Waals surface area (Å²) in [6.45, 7) is 7.72. The highest BCUT2D eigenvalue weighted by molar-refractivity contribution is 5.82. The lowest BCUT2D eigenvalue weighted by Gasteiger charge is -2.25. The summed E-state index contributed by atoms with van der Waals surface area (Å²) in [4.78, 5) is 12.1. The molecule has 0 aromatic heterocycles. The summed E-state index contributed by atoms with van der Waals surface area (Å²) in [5.74, 6) is -0.776. The van der Waals surface area contributed by atoms with E-state index in [1.54, 1.807) is 0 Å². The van der Waals surface area contributed by atoms with Gasteiger partial charge < -0.3 is 5.32 Å². The number of hydrogen-bond acceptors (Lipinski definition) is 2. The SMILES string of the molecule is C[C@@H](CCc1ccccc1)NC(=O)[C@H](C#N)C(C)(C)C. The van der Waals surface area contributed by atoms with Crippen molar-refractivity contribution in [3.8, 4) is 6.07 Å². The second-order valence-corrected chi connectivity index (χ2v) is 6.36. The van der Waals surface area contributed by atoms with Crippen molar-refractivity contribution in [3.63, 3.8) is 0 Å². The Balaban J connectivity index is 2.48. The van der Waals surface area contributed by atoms with E-state index in [0.29, 0.717) is 0 Å². The molecule has 0 heterocycles. The predicted molar refractivity (Wildman–Crippen MR) is 80.9 cm³/mol. The van der Waals surface area contributed by atoms with Crippen molar-refractivity contribution in [2.45, 2.75) is 46.6 Å². The lowest BCUT2D eigenvalue weighted by molar-refractivity contribution is -0.126. The maximum atomic E-state index is 12.1. The number of aryl methyl sites for hydroxylation is 1. The van der Waals surface area contributed by atoms with Crippen molar-refractivity contribution in [1.82, 2.24) is 5.32 Å².